The number of aromatic nitrogens is 2. The van der Waals surface area contributed by atoms with Crippen LogP contribution in [0.4, 0.5) is 10.5 Å². The Bertz CT molecular complexity index is 465. The van der Waals surface area contributed by atoms with Crippen LogP contribution in [0.15, 0.2) is 12.4 Å². The highest BCUT2D eigenvalue weighted by Crippen LogP contribution is 2.32. The zero-order chi connectivity index (χ0) is 13.2. The van der Waals surface area contributed by atoms with Crippen LogP contribution in [0.5, 0.6) is 0 Å². The highest BCUT2D eigenvalue weighted by Gasteiger charge is 2.45. The number of aryl methyl sites for hydroxylation is 1. The summed E-state index contributed by atoms with van der Waals surface area (Å²) in [5.74, 6) is -0.979. The molecule has 0 spiro atoms. The maximum absolute atomic E-state index is 11.7. The minimum Gasteiger partial charge on any atom is -0.480 e. The monoisotopic (exact) mass is 252 g/mol. The van der Waals surface area contributed by atoms with Crippen LogP contribution in [0.1, 0.15) is 26.2 Å². The largest absolute Gasteiger partial charge is 0.480 e. The van der Waals surface area contributed by atoms with E-state index in [-0.39, 0.29) is 0 Å². The van der Waals surface area contributed by atoms with Crippen molar-refractivity contribution in [2.45, 2.75) is 38.3 Å². The number of nitrogens with zero attached hydrogens (tertiary/aromatic N) is 2. The molecule has 0 radical (unpaired) electrons. The second kappa shape index (κ2) is 4.67. The molecule has 1 fully saturated rings. The first-order chi connectivity index (χ1) is 8.55. The SMILES string of the molecule is CCn1cc(NC(=O)NC2(C(=O)O)CCC2)cn1. The van der Waals surface area contributed by atoms with E-state index in [1.165, 1.54) is 6.20 Å². The van der Waals surface area contributed by atoms with Crippen LogP contribution in [0.3, 0.4) is 0 Å². The summed E-state index contributed by atoms with van der Waals surface area (Å²) < 4.78 is 1.67. The molecule has 0 saturated heterocycles. The number of hydrogen-bond donors (Lipinski definition) is 3. The third kappa shape index (κ3) is 2.29. The molecule has 2 amide bonds. The lowest BCUT2D eigenvalue weighted by atomic mass is 9.77. The van der Waals surface area contributed by atoms with Gasteiger partial charge in [0.1, 0.15) is 5.54 Å². The van der Waals surface area contributed by atoms with E-state index < -0.39 is 17.5 Å². The van der Waals surface area contributed by atoms with Gasteiger partial charge >= 0.3 is 12.0 Å². The van der Waals surface area contributed by atoms with Crippen molar-refractivity contribution >= 4 is 17.7 Å². The zero-order valence-corrected chi connectivity index (χ0v) is 10.1. The molecule has 1 aromatic heterocycles. The van der Waals surface area contributed by atoms with E-state index in [4.69, 9.17) is 5.11 Å². The average Bonchev–Trinajstić information content (AvgIpc) is 2.70. The molecule has 1 aliphatic rings. The number of carbonyl (C=O) groups is 2. The summed E-state index contributed by atoms with van der Waals surface area (Å²) >= 11 is 0. The molecule has 98 valence electrons. The van der Waals surface area contributed by atoms with Gasteiger partial charge in [-0.1, -0.05) is 0 Å². The second-order valence-electron chi connectivity index (χ2n) is 4.40. The zero-order valence-electron chi connectivity index (χ0n) is 10.1. The van der Waals surface area contributed by atoms with Crippen molar-refractivity contribution in [2.24, 2.45) is 0 Å². The molecular formula is C11H16N4O3. The van der Waals surface area contributed by atoms with E-state index in [0.717, 1.165) is 6.42 Å². The van der Waals surface area contributed by atoms with Crippen molar-refractivity contribution in [2.75, 3.05) is 5.32 Å². The van der Waals surface area contributed by atoms with Gasteiger partial charge in [0.2, 0.25) is 0 Å². The van der Waals surface area contributed by atoms with Crippen molar-refractivity contribution in [1.29, 1.82) is 0 Å². The summed E-state index contributed by atoms with van der Waals surface area (Å²) in [5, 5.41) is 18.2. The van der Waals surface area contributed by atoms with Crippen LogP contribution >= 0.6 is 0 Å². The fourth-order valence-electron chi connectivity index (χ4n) is 1.90. The van der Waals surface area contributed by atoms with Crippen molar-refractivity contribution in [3.63, 3.8) is 0 Å². The molecule has 7 nitrogen and oxygen atoms in total. The molecule has 0 unspecified atom stereocenters. The number of amides is 2. The highest BCUT2D eigenvalue weighted by molar-refractivity contribution is 5.94. The normalized spacial score (nSPS) is 16.7. The first kappa shape index (κ1) is 12.4. The van der Waals surface area contributed by atoms with Gasteiger partial charge in [-0.2, -0.15) is 5.10 Å². The predicted octanol–water partition coefficient (Wildman–Crippen LogP) is 1.03. The van der Waals surface area contributed by atoms with Crippen molar-refractivity contribution in [1.82, 2.24) is 15.1 Å². The van der Waals surface area contributed by atoms with E-state index in [2.05, 4.69) is 15.7 Å². The van der Waals surface area contributed by atoms with E-state index in [0.29, 0.717) is 25.1 Å². The van der Waals surface area contributed by atoms with Crippen LogP contribution in [0, 0.1) is 0 Å². The van der Waals surface area contributed by atoms with Crippen LogP contribution in [-0.2, 0) is 11.3 Å². The summed E-state index contributed by atoms with van der Waals surface area (Å²) in [6, 6.07) is -0.507. The molecule has 0 bridgehead atoms. The number of carboxylic acid groups (broad SMARTS) is 1. The fraction of sp³-hybridized carbons (Fsp3) is 0.545. The first-order valence-corrected chi connectivity index (χ1v) is 5.91. The smallest absolute Gasteiger partial charge is 0.329 e. The summed E-state index contributed by atoms with van der Waals surface area (Å²) in [6.45, 7) is 2.65. The molecule has 0 aliphatic heterocycles. The van der Waals surface area contributed by atoms with Crippen LogP contribution < -0.4 is 10.6 Å². The van der Waals surface area contributed by atoms with Gasteiger partial charge in [0.05, 0.1) is 11.9 Å². The van der Waals surface area contributed by atoms with Gasteiger partial charge in [-0.15, -0.1) is 0 Å². The Morgan fingerprint density at radius 2 is 2.28 bits per heavy atom. The topological polar surface area (TPSA) is 96.2 Å². The van der Waals surface area contributed by atoms with E-state index >= 15 is 0 Å². The molecule has 1 saturated carbocycles. The van der Waals surface area contributed by atoms with E-state index in [1.807, 2.05) is 6.92 Å². The standard InChI is InChI=1S/C11H16N4O3/c1-2-15-7-8(6-12-15)13-10(18)14-11(9(16)17)4-3-5-11/h6-7H,2-5H2,1H3,(H,16,17)(H2,13,14,18). The lowest BCUT2D eigenvalue weighted by Gasteiger charge is -2.37. The maximum atomic E-state index is 11.7. The van der Waals surface area contributed by atoms with E-state index in [9.17, 15) is 9.59 Å². The minimum atomic E-state index is -1.09. The fourth-order valence-corrected chi connectivity index (χ4v) is 1.90. The van der Waals surface area contributed by atoms with Crippen molar-refractivity contribution in [3.8, 4) is 0 Å². The van der Waals surface area contributed by atoms with Crippen LogP contribution in [0.2, 0.25) is 0 Å². The van der Waals surface area contributed by atoms with Gasteiger partial charge in [0.25, 0.3) is 0 Å². The molecule has 3 N–H and O–H groups in total. The number of hydrogen-bond acceptors (Lipinski definition) is 3. The number of carbonyl (C=O) groups excluding carboxylic acids is 1. The first-order valence-electron chi connectivity index (χ1n) is 5.91. The molecular weight excluding hydrogens is 236 g/mol. The summed E-state index contributed by atoms with van der Waals surface area (Å²) in [7, 11) is 0. The second-order valence-corrected chi connectivity index (χ2v) is 4.40. The average molecular weight is 252 g/mol. The molecule has 1 aromatic rings. The van der Waals surface area contributed by atoms with Gasteiger partial charge in [-0.05, 0) is 26.2 Å². The predicted molar refractivity (Wildman–Crippen MR) is 64.3 cm³/mol. The third-order valence-electron chi connectivity index (χ3n) is 3.18. The Kier molecular flexibility index (Phi) is 3.22. The number of nitrogens with one attached hydrogen (secondary N) is 2. The number of carboxylic acids is 1. The molecule has 1 heterocycles. The molecule has 1 aliphatic carbocycles. The Morgan fingerprint density at radius 1 is 1.56 bits per heavy atom. The molecule has 2 rings (SSSR count). The highest BCUT2D eigenvalue weighted by atomic mass is 16.4. The molecule has 0 aromatic carbocycles. The van der Waals surface area contributed by atoms with Crippen LogP contribution in [-0.4, -0.2) is 32.4 Å². The van der Waals surface area contributed by atoms with Crippen molar-refractivity contribution < 1.29 is 14.7 Å². The Hall–Kier alpha value is -2.05. The quantitative estimate of drug-likeness (QED) is 0.745. The number of rotatable bonds is 4. The summed E-state index contributed by atoms with van der Waals surface area (Å²) in [6.07, 6.45) is 4.99. The number of aliphatic carboxylic acids is 1. The third-order valence-corrected chi connectivity index (χ3v) is 3.18. The van der Waals surface area contributed by atoms with Gasteiger partial charge in [0, 0.05) is 12.7 Å². The lowest BCUT2D eigenvalue weighted by Crippen LogP contribution is -2.60. The minimum absolute atomic E-state index is 0.476. The molecule has 0 atom stereocenters. The Morgan fingerprint density at radius 3 is 2.72 bits per heavy atom. The van der Waals surface area contributed by atoms with Gasteiger partial charge < -0.3 is 15.7 Å². The van der Waals surface area contributed by atoms with Gasteiger partial charge in [0.15, 0.2) is 0 Å². The van der Waals surface area contributed by atoms with Crippen molar-refractivity contribution in [3.05, 3.63) is 12.4 Å². The Balaban J connectivity index is 1.94. The van der Waals surface area contributed by atoms with Gasteiger partial charge in [-0.3, -0.25) is 4.68 Å². The molecule has 7 heteroatoms. The summed E-state index contributed by atoms with van der Waals surface area (Å²) in [4.78, 5) is 22.8. The lowest BCUT2D eigenvalue weighted by molar-refractivity contribution is -0.148. The van der Waals surface area contributed by atoms with E-state index in [1.54, 1.807) is 10.9 Å². The van der Waals surface area contributed by atoms with Crippen LogP contribution in [0.25, 0.3) is 0 Å². The molecule has 18 heavy (non-hydrogen) atoms. The maximum Gasteiger partial charge on any atom is 0.329 e. The van der Waals surface area contributed by atoms with Gasteiger partial charge in [-0.25, -0.2) is 9.59 Å². The number of anilines is 1. The Labute approximate surface area is 104 Å². The number of urea groups is 1. The summed E-state index contributed by atoms with van der Waals surface area (Å²) in [5.41, 5.74) is -0.542.